The topological polar surface area (TPSA) is 4.93 Å². The molecule has 0 fully saturated rings. The molecule has 0 radical (unpaired) electrons. The van der Waals surface area contributed by atoms with Crippen molar-refractivity contribution in [2.24, 2.45) is 0 Å². The number of rotatable bonds is 6. The Kier molecular flexibility index (Phi) is 9.27. The summed E-state index contributed by atoms with van der Waals surface area (Å²) < 4.78 is 2.53. The highest BCUT2D eigenvalue weighted by atomic mass is 32.2. The van der Waals surface area contributed by atoms with Gasteiger partial charge >= 0.3 is 0 Å². The van der Waals surface area contributed by atoms with E-state index in [2.05, 4.69) is 230 Å². The molecule has 4 aliphatic rings. The van der Waals surface area contributed by atoms with Gasteiger partial charge < -0.3 is 4.57 Å². The van der Waals surface area contributed by atoms with Gasteiger partial charge in [0.2, 0.25) is 0 Å². The Balaban J connectivity index is 0.999. The van der Waals surface area contributed by atoms with E-state index in [-0.39, 0.29) is 0 Å². The van der Waals surface area contributed by atoms with Gasteiger partial charge in [0, 0.05) is 38.0 Å². The molecule has 1 aromatic heterocycles. The third-order valence-corrected chi connectivity index (χ3v) is 16.8. The van der Waals surface area contributed by atoms with Crippen molar-refractivity contribution in [2.45, 2.75) is 55.1 Å². The number of thioether (sulfide) groups is 1. The predicted molar refractivity (Wildman–Crippen MR) is 292 cm³/mol. The number of para-hydroxylation sites is 2. The quantitative estimate of drug-likeness (QED) is 0.151. The highest BCUT2D eigenvalue weighted by Gasteiger charge is 2.36. The fourth-order valence-electron chi connectivity index (χ4n) is 12.7. The minimum absolute atomic E-state index is 0.367. The van der Waals surface area contributed by atoms with Crippen LogP contribution in [0.15, 0.2) is 205 Å². The molecule has 1 nitrogen and oxygen atoms in total. The average Bonchev–Trinajstić information content (AvgIpc) is 3.96. The highest BCUT2D eigenvalue weighted by molar-refractivity contribution is 8.00. The number of benzene rings is 9. The van der Waals surface area contributed by atoms with E-state index in [4.69, 9.17) is 0 Å². The summed E-state index contributed by atoms with van der Waals surface area (Å²) in [4.78, 5) is 1.40. The smallest absolute Gasteiger partial charge is 0.0616 e. The molecular formula is C66H49NS. The normalized spacial score (nSPS) is 17.0. The Morgan fingerprint density at radius 1 is 0.515 bits per heavy atom. The Labute approximate surface area is 402 Å². The van der Waals surface area contributed by atoms with Gasteiger partial charge in [0.25, 0.3) is 0 Å². The van der Waals surface area contributed by atoms with E-state index in [1.54, 1.807) is 0 Å². The highest BCUT2D eigenvalue weighted by Crippen LogP contribution is 2.57. The Hall–Kier alpha value is -7.39. The maximum atomic E-state index is 2.53. The molecular weight excluding hydrogens is 839 g/mol. The van der Waals surface area contributed by atoms with Crippen molar-refractivity contribution in [3.05, 3.63) is 233 Å². The van der Waals surface area contributed by atoms with Gasteiger partial charge in [-0.2, -0.15) is 0 Å². The molecule has 68 heavy (non-hydrogen) atoms. The molecule has 2 atom stereocenters. The van der Waals surface area contributed by atoms with E-state index < -0.39 is 0 Å². The lowest BCUT2D eigenvalue weighted by Crippen LogP contribution is -2.10. The van der Waals surface area contributed by atoms with Crippen molar-refractivity contribution in [2.75, 3.05) is 0 Å². The zero-order valence-corrected chi connectivity index (χ0v) is 39.0. The van der Waals surface area contributed by atoms with Crippen molar-refractivity contribution < 1.29 is 0 Å². The third kappa shape index (κ3) is 5.96. The summed E-state index contributed by atoms with van der Waals surface area (Å²) in [6.07, 6.45) is 19.5. The summed E-state index contributed by atoms with van der Waals surface area (Å²) in [6, 6.07) is 64.0. The maximum Gasteiger partial charge on any atom is 0.0616 e. The first kappa shape index (κ1) is 39.7. The van der Waals surface area contributed by atoms with Crippen molar-refractivity contribution >= 4 is 72.7 Å². The summed E-state index contributed by atoms with van der Waals surface area (Å²) in [5.41, 5.74) is 21.9. The van der Waals surface area contributed by atoms with Gasteiger partial charge in [-0.3, -0.25) is 0 Å². The van der Waals surface area contributed by atoms with Crippen LogP contribution in [0.3, 0.4) is 0 Å². The third-order valence-electron chi connectivity index (χ3n) is 15.5. The van der Waals surface area contributed by atoms with Gasteiger partial charge in [0.1, 0.15) is 0 Å². The number of allylic oxidation sites excluding steroid dienone is 5. The Morgan fingerprint density at radius 3 is 1.88 bits per heavy atom. The molecule has 0 bridgehead atoms. The van der Waals surface area contributed by atoms with E-state index in [9.17, 15) is 0 Å². The molecule has 3 aliphatic carbocycles. The van der Waals surface area contributed by atoms with Crippen LogP contribution >= 0.6 is 11.8 Å². The molecule has 1 aliphatic heterocycles. The second kappa shape index (κ2) is 15.9. The minimum atomic E-state index is 0.367. The van der Waals surface area contributed by atoms with E-state index in [1.807, 2.05) is 0 Å². The summed E-state index contributed by atoms with van der Waals surface area (Å²) in [7, 11) is 0. The number of hydrogen-bond acceptors (Lipinski definition) is 1. The molecule has 2 heterocycles. The number of nitrogens with zero attached hydrogens (tertiary/aromatic N) is 1. The fourth-order valence-corrected chi connectivity index (χ4v) is 14.1. The van der Waals surface area contributed by atoms with Crippen LogP contribution in [0.5, 0.6) is 0 Å². The summed E-state index contributed by atoms with van der Waals surface area (Å²) in [5.74, 6) is 0.404. The van der Waals surface area contributed by atoms with E-state index >= 15 is 0 Å². The van der Waals surface area contributed by atoms with Crippen LogP contribution in [0.4, 0.5) is 0 Å². The van der Waals surface area contributed by atoms with Crippen LogP contribution in [-0.2, 0) is 12.8 Å². The molecule has 0 amide bonds. The molecule has 0 spiro atoms. The van der Waals surface area contributed by atoms with Crippen LogP contribution in [0.1, 0.15) is 65.6 Å². The fraction of sp³-hybridized carbons (Fsp3) is 0.121. The first-order valence-electron chi connectivity index (χ1n) is 24.5. The average molecular weight is 888 g/mol. The van der Waals surface area contributed by atoms with Crippen LogP contribution in [0, 0.1) is 0 Å². The van der Waals surface area contributed by atoms with Crippen molar-refractivity contribution in [3.63, 3.8) is 0 Å². The monoisotopic (exact) mass is 887 g/mol. The predicted octanol–water partition coefficient (Wildman–Crippen LogP) is 18.0. The summed E-state index contributed by atoms with van der Waals surface area (Å²) in [6.45, 7) is 2.42. The molecule has 2 heteroatoms. The van der Waals surface area contributed by atoms with Crippen molar-refractivity contribution in [1.29, 1.82) is 0 Å². The molecule has 324 valence electrons. The van der Waals surface area contributed by atoms with Crippen LogP contribution in [0.25, 0.3) is 100 Å². The SMILES string of the molecule is CC1CC=Cc2c1c(-c1ccccc1)c1ccccc1c2-c1cccc2c1C1=C(Cc3c4ccccc4c(-c4cccc5c6c(n(-c7ccccc7)c45)C=CCC6)c4ccccc34)C=CCC1S2. The van der Waals surface area contributed by atoms with Gasteiger partial charge in [-0.15, -0.1) is 11.8 Å². The van der Waals surface area contributed by atoms with E-state index in [0.29, 0.717) is 11.2 Å². The minimum Gasteiger partial charge on any atom is -0.309 e. The zero-order chi connectivity index (χ0) is 44.9. The van der Waals surface area contributed by atoms with Gasteiger partial charge in [0.05, 0.1) is 5.52 Å². The van der Waals surface area contributed by atoms with Crippen molar-refractivity contribution in [1.82, 2.24) is 4.57 Å². The summed E-state index contributed by atoms with van der Waals surface area (Å²) >= 11 is 2.07. The number of aryl methyl sites for hydroxylation is 1. The number of hydrogen-bond donors (Lipinski definition) is 0. The standard InChI is InChI=1S/C66H49NS/c1-41-20-16-34-53-60(41)61(42-21-4-2-5-22-42)50-31-12-13-32-51(50)64(53)54-35-19-39-59-65(54)62-43(23-17-38-58(62)68-59)40-56-45-26-8-10-29-48(45)63(49-30-11-9-27-46(49)56)55-36-18-33-52-47-28-14-15-37-57(47)67(66(52)55)44-24-6-3-7-25-44/h2-13,15-19,21-27,29-37,39,41,58H,14,20,28,38,40H2,1H3. The van der Waals surface area contributed by atoms with Gasteiger partial charge in [0.15, 0.2) is 0 Å². The first-order valence-corrected chi connectivity index (χ1v) is 25.4. The van der Waals surface area contributed by atoms with E-state index in [0.717, 1.165) is 32.1 Å². The van der Waals surface area contributed by atoms with E-state index in [1.165, 1.54) is 132 Å². The molecule has 10 aromatic rings. The van der Waals surface area contributed by atoms with Gasteiger partial charge in [-0.1, -0.05) is 189 Å². The Bertz CT molecular complexity index is 3800. The Morgan fingerprint density at radius 2 is 1.13 bits per heavy atom. The van der Waals surface area contributed by atoms with Crippen molar-refractivity contribution in [3.8, 4) is 39.1 Å². The summed E-state index contributed by atoms with van der Waals surface area (Å²) in [5, 5.41) is 9.68. The lowest BCUT2D eigenvalue weighted by molar-refractivity contribution is 0.775. The maximum absolute atomic E-state index is 2.53. The van der Waals surface area contributed by atoms with Crippen LogP contribution in [0.2, 0.25) is 0 Å². The van der Waals surface area contributed by atoms with Gasteiger partial charge in [-0.05, 0) is 156 Å². The second-order valence-corrected chi connectivity index (χ2v) is 20.4. The van der Waals surface area contributed by atoms with Gasteiger partial charge in [-0.25, -0.2) is 0 Å². The zero-order valence-electron chi connectivity index (χ0n) is 38.2. The molecule has 0 saturated carbocycles. The molecule has 9 aromatic carbocycles. The number of aromatic nitrogens is 1. The van der Waals surface area contributed by atoms with Crippen LogP contribution in [-0.4, -0.2) is 9.82 Å². The largest absolute Gasteiger partial charge is 0.309 e. The number of fused-ring (bicyclic) bond motifs is 10. The lowest BCUT2D eigenvalue weighted by Gasteiger charge is -2.28. The second-order valence-electron chi connectivity index (χ2n) is 19.2. The molecule has 0 saturated heterocycles. The first-order chi connectivity index (χ1) is 33.7. The lowest BCUT2D eigenvalue weighted by atomic mass is 9.75. The molecule has 0 N–H and O–H groups in total. The molecule has 2 unspecified atom stereocenters. The van der Waals surface area contributed by atoms with Crippen LogP contribution < -0.4 is 0 Å². The molecule has 14 rings (SSSR count).